The summed E-state index contributed by atoms with van der Waals surface area (Å²) in [6.07, 6.45) is 1.08. The van der Waals surface area contributed by atoms with Gasteiger partial charge in [0.2, 0.25) is 0 Å². The minimum Gasteiger partial charge on any atom is -0.497 e. The van der Waals surface area contributed by atoms with Crippen LogP contribution in [0.4, 0.5) is 0 Å². The predicted octanol–water partition coefficient (Wildman–Crippen LogP) is 1.30. The van der Waals surface area contributed by atoms with Gasteiger partial charge in [-0.3, -0.25) is 14.3 Å². The molecule has 23 heavy (non-hydrogen) atoms. The second kappa shape index (κ2) is 6.42. The van der Waals surface area contributed by atoms with E-state index in [4.69, 9.17) is 4.74 Å². The molecule has 1 atom stereocenters. The molecule has 0 spiro atoms. The molecule has 122 valence electrons. The molecule has 0 amide bonds. The number of H-pyrrole nitrogens is 1. The van der Waals surface area contributed by atoms with Crippen LogP contribution in [0.15, 0.2) is 39.9 Å². The van der Waals surface area contributed by atoms with Gasteiger partial charge < -0.3 is 9.72 Å². The molecular formula is C17H21N3O3. The van der Waals surface area contributed by atoms with Crippen molar-refractivity contribution >= 4 is 0 Å². The minimum absolute atomic E-state index is 0.246. The van der Waals surface area contributed by atoms with E-state index in [-0.39, 0.29) is 11.2 Å². The highest BCUT2D eigenvalue weighted by Crippen LogP contribution is 2.34. The van der Waals surface area contributed by atoms with Crippen LogP contribution < -0.4 is 16.0 Å². The smallest absolute Gasteiger partial charge is 0.328 e. The molecule has 1 aliphatic heterocycles. The first-order chi connectivity index (χ1) is 11.1. The van der Waals surface area contributed by atoms with Crippen molar-refractivity contribution in [2.75, 3.05) is 20.2 Å². The van der Waals surface area contributed by atoms with Crippen LogP contribution in [0.3, 0.4) is 0 Å². The molecule has 2 aromatic rings. The fourth-order valence-electron chi connectivity index (χ4n) is 3.01. The highest BCUT2D eigenvalue weighted by Gasteiger charge is 2.29. The van der Waals surface area contributed by atoms with Gasteiger partial charge >= 0.3 is 5.69 Å². The van der Waals surface area contributed by atoms with Crippen LogP contribution in [0, 0.1) is 6.92 Å². The van der Waals surface area contributed by atoms with E-state index in [1.807, 2.05) is 18.2 Å². The van der Waals surface area contributed by atoms with E-state index in [0.29, 0.717) is 24.8 Å². The Bertz CT molecular complexity index is 778. The number of nitrogens with zero attached hydrogens (tertiary/aromatic N) is 2. The molecule has 1 saturated heterocycles. The monoisotopic (exact) mass is 315 g/mol. The fraction of sp³-hybridized carbons (Fsp3) is 0.412. The largest absolute Gasteiger partial charge is 0.497 e. The van der Waals surface area contributed by atoms with Gasteiger partial charge in [0.25, 0.3) is 5.56 Å². The zero-order valence-corrected chi connectivity index (χ0v) is 13.4. The molecule has 6 heteroatoms. The topological polar surface area (TPSA) is 67.3 Å². The highest BCUT2D eigenvalue weighted by molar-refractivity contribution is 5.31. The molecule has 0 unspecified atom stereocenters. The van der Waals surface area contributed by atoms with Crippen molar-refractivity contribution in [3.63, 3.8) is 0 Å². The Kier molecular flexibility index (Phi) is 4.34. The molecule has 1 aromatic carbocycles. The van der Waals surface area contributed by atoms with Crippen LogP contribution >= 0.6 is 0 Å². The Labute approximate surface area is 134 Å². The van der Waals surface area contributed by atoms with Gasteiger partial charge in [-0.2, -0.15) is 0 Å². The van der Waals surface area contributed by atoms with Crippen LogP contribution in [0.2, 0.25) is 0 Å². The predicted molar refractivity (Wildman–Crippen MR) is 88.0 cm³/mol. The Morgan fingerprint density at radius 2 is 2.09 bits per heavy atom. The van der Waals surface area contributed by atoms with Crippen LogP contribution in [0.5, 0.6) is 5.75 Å². The summed E-state index contributed by atoms with van der Waals surface area (Å²) in [5.74, 6) is 0.848. The van der Waals surface area contributed by atoms with Gasteiger partial charge in [0.15, 0.2) is 0 Å². The third-order valence-electron chi connectivity index (χ3n) is 4.38. The second-order valence-electron chi connectivity index (χ2n) is 5.86. The van der Waals surface area contributed by atoms with E-state index in [0.717, 1.165) is 18.7 Å². The van der Waals surface area contributed by atoms with E-state index in [9.17, 15) is 9.59 Å². The van der Waals surface area contributed by atoms with E-state index >= 15 is 0 Å². The van der Waals surface area contributed by atoms with Crippen molar-refractivity contribution < 1.29 is 4.74 Å². The fourth-order valence-corrected chi connectivity index (χ4v) is 3.01. The zero-order valence-electron chi connectivity index (χ0n) is 13.4. The average molecular weight is 315 g/mol. The zero-order chi connectivity index (χ0) is 16.4. The molecule has 1 fully saturated rings. The average Bonchev–Trinajstić information content (AvgIpc) is 2.49. The molecule has 3 rings (SSSR count). The molecule has 0 saturated carbocycles. The first-order valence-corrected chi connectivity index (χ1v) is 7.77. The van der Waals surface area contributed by atoms with Crippen LogP contribution in [0.25, 0.3) is 0 Å². The molecule has 1 aliphatic rings. The van der Waals surface area contributed by atoms with Crippen molar-refractivity contribution in [1.29, 1.82) is 0 Å². The lowest BCUT2D eigenvalue weighted by Gasteiger charge is -2.41. The summed E-state index contributed by atoms with van der Waals surface area (Å²) in [6, 6.07) is 9.83. The van der Waals surface area contributed by atoms with Gasteiger partial charge in [0.1, 0.15) is 5.75 Å². The number of likely N-dealkylation sites (tertiary alicyclic amines) is 1. The number of rotatable bonds is 5. The number of aryl methyl sites for hydroxylation is 1. The molecule has 1 aromatic heterocycles. The Hall–Kier alpha value is -2.34. The maximum absolute atomic E-state index is 11.9. The number of methoxy groups -OCH3 is 1. The summed E-state index contributed by atoms with van der Waals surface area (Å²) in [4.78, 5) is 28.8. The quantitative estimate of drug-likeness (QED) is 0.903. The standard InChI is InChI=1S/C17H21N3O3/c1-12-10-16(21)20(17(22)18-12)9-8-19-7-6-15(19)13-4-3-5-14(11-13)23-2/h3-5,10-11,15H,6-9H2,1-2H3,(H,18,22)/t15-/m1/s1. The summed E-state index contributed by atoms with van der Waals surface area (Å²) in [5.41, 5.74) is 1.22. The molecule has 2 heterocycles. The Morgan fingerprint density at radius 1 is 1.26 bits per heavy atom. The molecular weight excluding hydrogens is 294 g/mol. The SMILES string of the molecule is COc1cccc([C@H]2CCN2CCn2c(=O)cc(C)[nH]c2=O)c1. The van der Waals surface area contributed by atoms with Gasteiger partial charge in [-0.05, 0) is 31.0 Å². The molecule has 6 nitrogen and oxygen atoms in total. The van der Waals surface area contributed by atoms with Crippen molar-refractivity contribution in [1.82, 2.24) is 14.5 Å². The minimum atomic E-state index is -0.339. The highest BCUT2D eigenvalue weighted by atomic mass is 16.5. The van der Waals surface area contributed by atoms with Gasteiger partial charge in [-0.25, -0.2) is 4.79 Å². The third-order valence-corrected chi connectivity index (χ3v) is 4.38. The van der Waals surface area contributed by atoms with Gasteiger partial charge in [-0.1, -0.05) is 12.1 Å². The summed E-state index contributed by atoms with van der Waals surface area (Å²) in [5, 5.41) is 0. The van der Waals surface area contributed by atoms with E-state index in [1.54, 1.807) is 14.0 Å². The second-order valence-corrected chi connectivity index (χ2v) is 5.86. The summed E-state index contributed by atoms with van der Waals surface area (Å²) < 4.78 is 6.53. The number of aromatic nitrogens is 2. The van der Waals surface area contributed by atoms with Gasteiger partial charge in [-0.15, -0.1) is 0 Å². The molecule has 0 aliphatic carbocycles. The van der Waals surface area contributed by atoms with E-state index < -0.39 is 0 Å². The van der Waals surface area contributed by atoms with Crippen LogP contribution in [-0.2, 0) is 6.54 Å². The van der Waals surface area contributed by atoms with E-state index in [1.165, 1.54) is 16.2 Å². The van der Waals surface area contributed by atoms with Crippen molar-refractivity contribution in [2.45, 2.75) is 25.9 Å². The first-order valence-electron chi connectivity index (χ1n) is 7.77. The lowest BCUT2D eigenvalue weighted by atomic mass is 9.94. The lowest BCUT2D eigenvalue weighted by Crippen LogP contribution is -2.45. The number of nitrogens with one attached hydrogen (secondary N) is 1. The van der Waals surface area contributed by atoms with Crippen LogP contribution in [-0.4, -0.2) is 34.7 Å². The summed E-state index contributed by atoms with van der Waals surface area (Å²) >= 11 is 0. The maximum Gasteiger partial charge on any atom is 0.328 e. The van der Waals surface area contributed by atoms with Crippen molar-refractivity contribution in [3.05, 3.63) is 62.4 Å². The third kappa shape index (κ3) is 3.22. The normalized spacial score (nSPS) is 17.7. The number of ether oxygens (including phenoxy) is 1. The Morgan fingerprint density at radius 3 is 2.74 bits per heavy atom. The maximum atomic E-state index is 11.9. The molecule has 0 radical (unpaired) electrons. The number of aromatic amines is 1. The van der Waals surface area contributed by atoms with Crippen LogP contribution in [0.1, 0.15) is 23.7 Å². The lowest BCUT2D eigenvalue weighted by molar-refractivity contribution is 0.0853. The Balaban J connectivity index is 1.70. The van der Waals surface area contributed by atoms with Crippen molar-refractivity contribution in [3.8, 4) is 5.75 Å². The first kappa shape index (κ1) is 15.6. The molecule has 0 bridgehead atoms. The van der Waals surface area contributed by atoms with E-state index in [2.05, 4.69) is 16.0 Å². The molecule has 1 N–H and O–H groups in total. The number of benzene rings is 1. The summed E-state index contributed by atoms with van der Waals surface area (Å²) in [6.45, 7) is 3.75. The number of hydrogen-bond donors (Lipinski definition) is 1. The van der Waals surface area contributed by atoms with Gasteiger partial charge in [0.05, 0.1) is 7.11 Å². The number of hydrogen-bond acceptors (Lipinski definition) is 4. The summed E-state index contributed by atoms with van der Waals surface area (Å²) in [7, 11) is 1.66. The van der Waals surface area contributed by atoms with Crippen molar-refractivity contribution in [2.24, 2.45) is 0 Å². The van der Waals surface area contributed by atoms with Gasteiger partial charge in [0, 0.05) is 37.4 Å².